The fourth-order valence-corrected chi connectivity index (χ4v) is 7.00. The van der Waals surface area contributed by atoms with Crippen molar-refractivity contribution in [3.8, 4) is 0 Å². The van der Waals surface area contributed by atoms with Gasteiger partial charge in [-0.3, -0.25) is 9.69 Å². The number of hydrogen-bond acceptors (Lipinski definition) is 6. The maximum atomic E-state index is 13.9. The third-order valence-corrected chi connectivity index (χ3v) is 9.32. The van der Waals surface area contributed by atoms with Gasteiger partial charge in [0, 0.05) is 13.1 Å². The molecule has 1 saturated heterocycles. The first-order valence-corrected chi connectivity index (χ1v) is 13.9. The van der Waals surface area contributed by atoms with Gasteiger partial charge < -0.3 is 4.42 Å². The SMILES string of the molecule is Cc1ccc(S(=O)(=O)N2CCCC(C(=O)N(Cc3ccco3)c3nc4c(C)cccc4s3)C2)cc1. The number of sulfonamides is 1. The molecule has 2 aromatic carbocycles. The van der Waals surface area contributed by atoms with E-state index in [-0.39, 0.29) is 23.9 Å². The van der Waals surface area contributed by atoms with E-state index in [9.17, 15) is 13.2 Å². The van der Waals surface area contributed by atoms with Crippen LogP contribution in [0.2, 0.25) is 0 Å². The molecule has 35 heavy (non-hydrogen) atoms. The highest BCUT2D eigenvalue weighted by Crippen LogP contribution is 2.34. The molecule has 9 heteroatoms. The Labute approximate surface area is 209 Å². The van der Waals surface area contributed by atoms with Crippen LogP contribution in [0.4, 0.5) is 5.13 Å². The minimum Gasteiger partial charge on any atom is -0.467 e. The molecule has 1 amide bonds. The van der Waals surface area contributed by atoms with Crippen molar-refractivity contribution < 1.29 is 17.6 Å². The fourth-order valence-electron chi connectivity index (χ4n) is 4.43. The molecule has 3 heterocycles. The summed E-state index contributed by atoms with van der Waals surface area (Å²) in [4.78, 5) is 20.6. The quantitative estimate of drug-likeness (QED) is 0.359. The molecule has 1 unspecified atom stereocenters. The van der Waals surface area contributed by atoms with Crippen molar-refractivity contribution in [1.82, 2.24) is 9.29 Å². The van der Waals surface area contributed by atoms with Crippen LogP contribution in [0.5, 0.6) is 0 Å². The van der Waals surface area contributed by atoms with Crippen LogP contribution >= 0.6 is 11.3 Å². The van der Waals surface area contributed by atoms with Crippen LogP contribution in [0.1, 0.15) is 29.7 Å². The monoisotopic (exact) mass is 509 g/mol. The molecule has 0 N–H and O–H groups in total. The second-order valence-electron chi connectivity index (χ2n) is 8.94. The molecule has 182 valence electrons. The Kier molecular flexibility index (Phi) is 6.48. The number of furan rings is 1. The van der Waals surface area contributed by atoms with E-state index in [1.54, 1.807) is 41.5 Å². The van der Waals surface area contributed by atoms with Gasteiger partial charge in [-0.05, 0) is 62.6 Å². The van der Waals surface area contributed by atoms with Crippen LogP contribution in [0.3, 0.4) is 0 Å². The van der Waals surface area contributed by atoms with Crippen LogP contribution < -0.4 is 4.90 Å². The van der Waals surface area contributed by atoms with E-state index in [0.717, 1.165) is 21.3 Å². The molecule has 0 aliphatic carbocycles. The topological polar surface area (TPSA) is 83.7 Å². The number of anilines is 1. The molecule has 7 nitrogen and oxygen atoms in total. The van der Waals surface area contributed by atoms with Gasteiger partial charge in [0.25, 0.3) is 0 Å². The summed E-state index contributed by atoms with van der Waals surface area (Å²) in [6.07, 6.45) is 2.82. The summed E-state index contributed by atoms with van der Waals surface area (Å²) < 4.78 is 34.6. The molecule has 2 aromatic heterocycles. The van der Waals surface area contributed by atoms with Gasteiger partial charge in [0.15, 0.2) is 5.13 Å². The van der Waals surface area contributed by atoms with Crippen molar-refractivity contribution in [2.45, 2.75) is 38.1 Å². The molecule has 5 rings (SSSR count). The van der Waals surface area contributed by atoms with Crippen molar-refractivity contribution >= 4 is 42.6 Å². The lowest BCUT2D eigenvalue weighted by molar-refractivity contribution is -0.123. The maximum absolute atomic E-state index is 13.9. The second kappa shape index (κ2) is 9.56. The molecular weight excluding hydrogens is 482 g/mol. The number of rotatable bonds is 6. The van der Waals surface area contributed by atoms with Crippen molar-refractivity contribution in [3.63, 3.8) is 0 Å². The fraction of sp³-hybridized carbons (Fsp3) is 0.308. The third-order valence-electron chi connectivity index (χ3n) is 6.39. The summed E-state index contributed by atoms with van der Waals surface area (Å²) in [7, 11) is -3.68. The standard InChI is InChI=1S/C26H27N3O4S2/c1-18-10-12-22(13-11-18)35(31,32)28-14-4-7-20(16-28)25(30)29(17-21-8-5-15-33-21)26-27-24-19(2)6-3-9-23(24)34-26/h3,5-6,8-13,15,20H,4,7,14,16-17H2,1-2H3. The minimum atomic E-state index is -3.68. The van der Waals surface area contributed by atoms with Crippen molar-refractivity contribution in [2.24, 2.45) is 5.92 Å². The number of nitrogens with zero attached hydrogens (tertiary/aromatic N) is 3. The van der Waals surface area contributed by atoms with Crippen molar-refractivity contribution in [1.29, 1.82) is 0 Å². The first kappa shape index (κ1) is 23.7. The summed E-state index contributed by atoms with van der Waals surface area (Å²) in [5.41, 5.74) is 2.91. The predicted octanol–water partition coefficient (Wildman–Crippen LogP) is 5.14. The van der Waals surface area contributed by atoms with Crippen molar-refractivity contribution in [3.05, 3.63) is 77.7 Å². The molecule has 4 aromatic rings. The van der Waals surface area contributed by atoms with Gasteiger partial charge in [0.05, 0.1) is 33.8 Å². The molecular formula is C26H27N3O4S2. The number of benzene rings is 2. The Bertz CT molecular complexity index is 1440. The van der Waals surface area contributed by atoms with Gasteiger partial charge in [0.2, 0.25) is 15.9 Å². The number of thiazole rings is 1. The van der Waals surface area contributed by atoms with Crippen LogP contribution in [-0.2, 0) is 21.4 Å². The zero-order chi connectivity index (χ0) is 24.6. The Balaban J connectivity index is 1.44. The lowest BCUT2D eigenvalue weighted by Gasteiger charge is -2.33. The largest absolute Gasteiger partial charge is 0.467 e. The van der Waals surface area contributed by atoms with E-state index >= 15 is 0 Å². The zero-order valence-electron chi connectivity index (χ0n) is 19.7. The summed E-state index contributed by atoms with van der Waals surface area (Å²) in [6, 6.07) is 16.4. The number of amides is 1. The smallest absolute Gasteiger partial charge is 0.243 e. The lowest BCUT2D eigenvalue weighted by atomic mass is 9.98. The molecule has 0 bridgehead atoms. The van der Waals surface area contributed by atoms with Gasteiger partial charge in [-0.2, -0.15) is 4.31 Å². The van der Waals surface area contributed by atoms with Crippen LogP contribution in [0.25, 0.3) is 10.2 Å². The predicted molar refractivity (Wildman–Crippen MR) is 137 cm³/mol. The van der Waals surface area contributed by atoms with Gasteiger partial charge in [-0.25, -0.2) is 13.4 Å². The number of fused-ring (bicyclic) bond motifs is 1. The van der Waals surface area contributed by atoms with Crippen molar-refractivity contribution in [2.75, 3.05) is 18.0 Å². The summed E-state index contributed by atoms with van der Waals surface area (Å²) in [5.74, 6) is 0.0447. The average Bonchev–Trinajstić information content (AvgIpc) is 3.53. The summed E-state index contributed by atoms with van der Waals surface area (Å²) in [5, 5.41) is 0.592. The average molecular weight is 510 g/mol. The van der Waals surface area contributed by atoms with Gasteiger partial charge in [-0.15, -0.1) is 0 Å². The summed E-state index contributed by atoms with van der Waals surface area (Å²) >= 11 is 1.46. The molecule has 1 aliphatic rings. The molecule has 1 aliphatic heterocycles. The highest BCUT2D eigenvalue weighted by atomic mass is 32.2. The van der Waals surface area contributed by atoms with E-state index < -0.39 is 15.9 Å². The Hall–Kier alpha value is -3.01. The Morgan fingerprint density at radius 3 is 2.66 bits per heavy atom. The normalized spacial score (nSPS) is 17.0. The number of carbonyl (C=O) groups is 1. The van der Waals surface area contributed by atoms with E-state index in [0.29, 0.717) is 30.3 Å². The zero-order valence-corrected chi connectivity index (χ0v) is 21.3. The minimum absolute atomic E-state index is 0.137. The second-order valence-corrected chi connectivity index (χ2v) is 11.9. The highest BCUT2D eigenvalue weighted by Gasteiger charge is 2.36. The van der Waals surface area contributed by atoms with E-state index in [2.05, 4.69) is 0 Å². The van der Waals surface area contributed by atoms with E-state index in [1.165, 1.54) is 15.6 Å². The molecule has 0 spiro atoms. The van der Waals surface area contributed by atoms with Gasteiger partial charge in [0.1, 0.15) is 5.76 Å². The first-order chi connectivity index (χ1) is 16.8. The number of piperidine rings is 1. The Morgan fingerprint density at radius 1 is 1.14 bits per heavy atom. The maximum Gasteiger partial charge on any atom is 0.243 e. The van der Waals surface area contributed by atoms with E-state index in [1.807, 2.05) is 38.1 Å². The molecule has 1 atom stereocenters. The summed E-state index contributed by atoms with van der Waals surface area (Å²) in [6.45, 7) is 4.71. The molecule has 0 saturated carbocycles. The van der Waals surface area contributed by atoms with Gasteiger partial charge in [-0.1, -0.05) is 41.2 Å². The number of carbonyl (C=O) groups excluding carboxylic acids is 1. The van der Waals surface area contributed by atoms with Crippen LogP contribution in [0, 0.1) is 19.8 Å². The third kappa shape index (κ3) is 4.76. The molecule has 0 radical (unpaired) electrons. The number of aryl methyl sites for hydroxylation is 2. The molecule has 1 fully saturated rings. The van der Waals surface area contributed by atoms with Gasteiger partial charge >= 0.3 is 0 Å². The number of para-hydroxylation sites is 1. The first-order valence-electron chi connectivity index (χ1n) is 11.6. The van der Waals surface area contributed by atoms with Crippen LogP contribution in [0.15, 0.2) is 70.2 Å². The Morgan fingerprint density at radius 2 is 1.94 bits per heavy atom. The van der Waals surface area contributed by atoms with Crippen LogP contribution in [-0.4, -0.2) is 36.7 Å². The highest BCUT2D eigenvalue weighted by molar-refractivity contribution is 7.89. The van der Waals surface area contributed by atoms with E-state index in [4.69, 9.17) is 9.40 Å². The lowest BCUT2D eigenvalue weighted by Crippen LogP contribution is -2.46. The number of hydrogen-bond donors (Lipinski definition) is 0. The number of aromatic nitrogens is 1.